The van der Waals surface area contributed by atoms with Gasteiger partial charge in [0.2, 0.25) is 10.0 Å². The first-order chi connectivity index (χ1) is 10.6. The fourth-order valence-electron chi connectivity index (χ4n) is 2.32. The van der Waals surface area contributed by atoms with Crippen LogP contribution in [-0.4, -0.2) is 46.8 Å². The molecule has 136 valence electrons. The molecule has 0 saturated heterocycles. The predicted octanol–water partition coefficient (Wildman–Crippen LogP) is 1.99. The highest BCUT2D eigenvalue weighted by atomic mass is 127. The van der Waals surface area contributed by atoms with Crippen LogP contribution in [0.4, 0.5) is 0 Å². The summed E-state index contributed by atoms with van der Waals surface area (Å²) in [6, 6.07) is 0. The third-order valence-corrected chi connectivity index (χ3v) is 5.10. The van der Waals surface area contributed by atoms with E-state index >= 15 is 0 Å². The van der Waals surface area contributed by atoms with Crippen LogP contribution in [0.25, 0.3) is 0 Å². The molecule has 0 heterocycles. The Morgan fingerprint density at radius 2 is 1.96 bits per heavy atom. The van der Waals surface area contributed by atoms with E-state index in [2.05, 4.69) is 26.4 Å². The number of aliphatic imine (C=N–C) groups is 1. The molecule has 8 heteroatoms. The van der Waals surface area contributed by atoms with Gasteiger partial charge in [0.15, 0.2) is 5.96 Å². The second kappa shape index (κ2) is 13.0. The Morgan fingerprint density at radius 3 is 2.57 bits per heavy atom. The average Bonchev–Trinajstić information content (AvgIpc) is 2.53. The molecular weight excluding hydrogens is 427 g/mol. The lowest BCUT2D eigenvalue weighted by molar-refractivity contribution is 0.579. The van der Waals surface area contributed by atoms with Gasteiger partial charge in [-0.1, -0.05) is 11.6 Å². The third kappa shape index (κ3) is 10.9. The number of guanidine groups is 1. The Labute approximate surface area is 158 Å². The quantitative estimate of drug-likeness (QED) is 0.162. The van der Waals surface area contributed by atoms with E-state index in [9.17, 15) is 8.42 Å². The van der Waals surface area contributed by atoms with Gasteiger partial charge in [-0.2, -0.15) is 0 Å². The molecule has 23 heavy (non-hydrogen) atoms. The number of hydrogen-bond acceptors (Lipinski definition) is 3. The minimum atomic E-state index is -3.08. The van der Waals surface area contributed by atoms with Crippen LogP contribution in [0.15, 0.2) is 16.6 Å². The summed E-state index contributed by atoms with van der Waals surface area (Å²) in [6.07, 6.45) is 9.24. The van der Waals surface area contributed by atoms with Crippen LogP contribution in [0.2, 0.25) is 0 Å². The topological polar surface area (TPSA) is 82.6 Å². The van der Waals surface area contributed by atoms with Crippen molar-refractivity contribution < 1.29 is 8.42 Å². The van der Waals surface area contributed by atoms with Crippen molar-refractivity contribution in [2.75, 3.05) is 32.4 Å². The van der Waals surface area contributed by atoms with Gasteiger partial charge in [-0.25, -0.2) is 13.1 Å². The van der Waals surface area contributed by atoms with Crippen molar-refractivity contribution in [2.24, 2.45) is 4.99 Å². The summed E-state index contributed by atoms with van der Waals surface area (Å²) in [7, 11) is -1.34. The van der Waals surface area contributed by atoms with E-state index < -0.39 is 10.0 Å². The third-order valence-electron chi connectivity index (χ3n) is 3.70. The fraction of sp³-hybridized carbons (Fsp3) is 0.800. The summed E-state index contributed by atoms with van der Waals surface area (Å²) in [6.45, 7) is 3.66. The largest absolute Gasteiger partial charge is 0.356 e. The first kappa shape index (κ1) is 22.6. The second-order valence-corrected chi connectivity index (χ2v) is 7.53. The molecule has 1 rings (SSSR count). The highest BCUT2D eigenvalue weighted by Crippen LogP contribution is 2.19. The smallest absolute Gasteiger partial charge is 0.211 e. The first-order valence-electron chi connectivity index (χ1n) is 8.17. The molecule has 0 aromatic rings. The second-order valence-electron chi connectivity index (χ2n) is 5.44. The van der Waals surface area contributed by atoms with Crippen molar-refractivity contribution in [3.05, 3.63) is 11.6 Å². The minimum Gasteiger partial charge on any atom is -0.356 e. The fourth-order valence-corrected chi connectivity index (χ4v) is 2.98. The molecule has 0 atom stereocenters. The molecule has 0 fully saturated rings. The number of sulfonamides is 1. The Morgan fingerprint density at radius 1 is 1.22 bits per heavy atom. The van der Waals surface area contributed by atoms with Gasteiger partial charge in [0.1, 0.15) is 0 Å². The zero-order chi connectivity index (χ0) is 16.3. The Hall–Kier alpha value is -0.350. The van der Waals surface area contributed by atoms with Gasteiger partial charge in [-0.15, -0.1) is 24.0 Å². The van der Waals surface area contributed by atoms with E-state index in [-0.39, 0.29) is 29.7 Å². The maximum Gasteiger partial charge on any atom is 0.211 e. The standard InChI is InChI=1S/C15H30N4O2S.HI/c1-3-22(20,21)19-12-7-11-17-15(16-2)18-13-10-14-8-5-4-6-9-14;/h8,19H,3-7,9-13H2,1-2H3,(H2,16,17,18);1H. The molecule has 0 aromatic carbocycles. The van der Waals surface area contributed by atoms with Gasteiger partial charge in [-0.05, 0) is 45.4 Å². The van der Waals surface area contributed by atoms with Crippen molar-refractivity contribution in [3.8, 4) is 0 Å². The van der Waals surface area contributed by atoms with Crippen molar-refractivity contribution in [1.82, 2.24) is 15.4 Å². The molecule has 1 aliphatic rings. The monoisotopic (exact) mass is 458 g/mol. The van der Waals surface area contributed by atoms with Gasteiger partial charge >= 0.3 is 0 Å². The summed E-state index contributed by atoms with van der Waals surface area (Å²) in [4.78, 5) is 4.17. The van der Waals surface area contributed by atoms with Crippen LogP contribution >= 0.6 is 24.0 Å². The van der Waals surface area contributed by atoms with Gasteiger partial charge in [0, 0.05) is 26.7 Å². The van der Waals surface area contributed by atoms with Crippen LogP contribution < -0.4 is 15.4 Å². The Balaban J connectivity index is 0.00000484. The number of allylic oxidation sites excluding steroid dienone is 1. The van der Waals surface area contributed by atoms with E-state index in [1.165, 1.54) is 25.7 Å². The Kier molecular flexibility index (Phi) is 12.8. The zero-order valence-corrected chi connectivity index (χ0v) is 17.4. The summed E-state index contributed by atoms with van der Waals surface area (Å²) in [5.74, 6) is 0.897. The molecule has 0 saturated carbocycles. The van der Waals surface area contributed by atoms with Gasteiger partial charge in [0.25, 0.3) is 0 Å². The van der Waals surface area contributed by atoms with E-state index in [0.717, 1.165) is 25.3 Å². The Bertz CT molecular complexity index is 478. The van der Waals surface area contributed by atoms with Crippen LogP contribution in [0.5, 0.6) is 0 Å². The van der Waals surface area contributed by atoms with Crippen molar-refractivity contribution in [3.63, 3.8) is 0 Å². The summed E-state index contributed by atoms with van der Waals surface area (Å²) >= 11 is 0. The molecule has 0 spiro atoms. The van der Waals surface area contributed by atoms with E-state index in [1.807, 2.05) is 0 Å². The van der Waals surface area contributed by atoms with Crippen molar-refractivity contribution in [1.29, 1.82) is 0 Å². The van der Waals surface area contributed by atoms with Crippen molar-refractivity contribution in [2.45, 2.75) is 45.4 Å². The average molecular weight is 458 g/mol. The normalized spacial score (nSPS) is 15.6. The van der Waals surface area contributed by atoms with Crippen molar-refractivity contribution >= 4 is 40.0 Å². The number of hydrogen-bond donors (Lipinski definition) is 3. The maximum atomic E-state index is 11.3. The summed E-state index contributed by atoms with van der Waals surface area (Å²) in [5.41, 5.74) is 1.54. The van der Waals surface area contributed by atoms with Crippen LogP contribution in [0, 0.1) is 0 Å². The van der Waals surface area contributed by atoms with Gasteiger partial charge in [-0.3, -0.25) is 4.99 Å². The van der Waals surface area contributed by atoms with Gasteiger partial charge < -0.3 is 10.6 Å². The molecule has 0 aromatic heterocycles. The lowest BCUT2D eigenvalue weighted by atomic mass is 9.97. The summed E-state index contributed by atoms with van der Waals surface area (Å²) < 4.78 is 25.1. The molecule has 0 radical (unpaired) electrons. The first-order valence-corrected chi connectivity index (χ1v) is 9.82. The molecular formula is C15H31IN4O2S. The molecule has 0 bridgehead atoms. The molecule has 1 aliphatic carbocycles. The SMILES string of the molecule is CCS(=O)(=O)NCCCNC(=NC)NCCC1=CCCCC1.I. The molecule has 6 nitrogen and oxygen atoms in total. The van der Waals surface area contributed by atoms with Crippen LogP contribution in [-0.2, 0) is 10.0 Å². The predicted molar refractivity (Wildman–Crippen MR) is 108 cm³/mol. The van der Waals surface area contributed by atoms with Crippen LogP contribution in [0.3, 0.4) is 0 Å². The molecule has 0 amide bonds. The van der Waals surface area contributed by atoms with E-state index in [1.54, 1.807) is 19.5 Å². The van der Waals surface area contributed by atoms with Gasteiger partial charge in [0.05, 0.1) is 5.75 Å². The summed E-state index contributed by atoms with van der Waals surface area (Å²) in [5, 5.41) is 6.49. The highest BCUT2D eigenvalue weighted by molar-refractivity contribution is 14.0. The lowest BCUT2D eigenvalue weighted by Crippen LogP contribution is -2.39. The number of nitrogens with zero attached hydrogens (tertiary/aromatic N) is 1. The number of halogens is 1. The molecule has 0 unspecified atom stereocenters. The highest BCUT2D eigenvalue weighted by Gasteiger charge is 2.05. The number of rotatable bonds is 9. The zero-order valence-electron chi connectivity index (χ0n) is 14.2. The van der Waals surface area contributed by atoms with E-state index in [0.29, 0.717) is 13.1 Å². The lowest BCUT2D eigenvalue weighted by Gasteiger charge is -2.15. The number of nitrogens with one attached hydrogen (secondary N) is 3. The van der Waals surface area contributed by atoms with Crippen LogP contribution in [0.1, 0.15) is 45.4 Å². The molecule has 0 aliphatic heterocycles. The molecule has 3 N–H and O–H groups in total. The maximum absolute atomic E-state index is 11.3. The minimum absolute atomic E-state index is 0. The van der Waals surface area contributed by atoms with E-state index in [4.69, 9.17) is 0 Å².